The van der Waals surface area contributed by atoms with Gasteiger partial charge in [-0.05, 0) is 82.9 Å². The zero-order chi connectivity index (χ0) is 40.1. The van der Waals surface area contributed by atoms with E-state index in [1.165, 1.54) is 14.7 Å². The number of hydrogen-bond acceptors (Lipinski definition) is 8. The van der Waals surface area contributed by atoms with Gasteiger partial charge in [-0.2, -0.15) is 0 Å². The first-order chi connectivity index (χ1) is 26.8. The van der Waals surface area contributed by atoms with E-state index in [1.54, 1.807) is 19.1 Å². The predicted octanol–water partition coefficient (Wildman–Crippen LogP) is 2.19. The highest BCUT2D eigenvalue weighted by molar-refractivity contribution is 5.98. The Morgan fingerprint density at radius 1 is 0.821 bits per heavy atom. The van der Waals surface area contributed by atoms with Crippen LogP contribution in [0, 0.1) is 19.8 Å². The fourth-order valence-corrected chi connectivity index (χ4v) is 8.23. The lowest BCUT2D eigenvalue weighted by Gasteiger charge is -2.39. The van der Waals surface area contributed by atoms with Crippen molar-refractivity contribution in [3.8, 4) is 0 Å². The average Bonchev–Trinajstić information content (AvgIpc) is 3.83. The zero-order valence-corrected chi connectivity index (χ0v) is 32.5. The van der Waals surface area contributed by atoms with E-state index in [0.717, 1.165) is 16.7 Å². The van der Waals surface area contributed by atoms with Crippen molar-refractivity contribution in [3.63, 3.8) is 0 Å². The summed E-state index contributed by atoms with van der Waals surface area (Å²) in [5.41, 5.74) is 3.23. The van der Waals surface area contributed by atoms with Gasteiger partial charge in [0.2, 0.25) is 29.5 Å². The lowest BCUT2D eigenvalue weighted by atomic mass is 9.99. The number of carbonyl (C=O) groups is 7. The number of rotatable bonds is 6. The Morgan fingerprint density at radius 3 is 2.29 bits per heavy atom. The number of ether oxygens (including phenoxy) is 1. The highest BCUT2D eigenvalue weighted by Crippen LogP contribution is 2.28. The molecule has 4 aliphatic rings. The van der Waals surface area contributed by atoms with E-state index in [-0.39, 0.29) is 31.3 Å². The second-order valence-corrected chi connectivity index (χ2v) is 15.7. The standard InChI is InChI=1S/C41H53N7O8/c1-24-13-15-29(16-14-24)43-41(55)45-30(21-28-10-7-9-25(2)19-28)35(49)44-31-23-56-40(54)34-20-26(3)22-48(34)37(51)27(4)42-36(50)32-11-5-6-17-46(32)39(53)33-12-8-18-47(33)38(31)52/h7,9-10,13-16,19,26-27,30-34H,5-6,8,11-12,17-18,20-23H2,1-4H3,(H,42,50)(H,44,49)(H2,43,45,55)/t26-,27-,30-,31-,32-,33-,34-/m0/s1. The number of esters is 1. The van der Waals surface area contributed by atoms with Crippen LogP contribution in [-0.4, -0.2) is 119 Å². The second kappa shape index (κ2) is 17.5. The summed E-state index contributed by atoms with van der Waals surface area (Å²) in [4.78, 5) is 102. The van der Waals surface area contributed by atoms with Crippen molar-refractivity contribution in [2.45, 2.75) is 109 Å². The first-order valence-electron chi connectivity index (χ1n) is 19.7. The van der Waals surface area contributed by atoms with Crippen LogP contribution in [0.5, 0.6) is 0 Å². The van der Waals surface area contributed by atoms with Gasteiger partial charge in [0.25, 0.3) is 0 Å². The van der Waals surface area contributed by atoms with Crippen LogP contribution in [0.4, 0.5) is 10.5 Å². The van der Waals surface area contributed by atoms with Crippen molar-refractivity contribution in [2.75, 3.05) is 31.6 Å². The van der Waals surface area contributed by atoms with Crippen molar-refractivity contribution in [2.24, 2.45) is 5.92 Å². The number of urea groups is 1. The molecule has 300 valence electrons. The van der Waals surface area contributed by atoms with Crippen LogP contribution in [0.25, 0.3) is 0 Å². The number of piperidine rings is 1. The SMILES string of the molecule is Cc1ccc(NC(=O)N[C@@H](Cc2cccc(C)c2)C(=O)N[C@H]2COC(=O)[C@@H]3C[C@H](C)CN3C(=O)[C@H](C)NC(=O)[C@@H]3CCCCN3C(=O)[C@@H]3CCCN3C2=O)cc1. The van der Waals surface area contributed by atoms with E-state index in [2.05, 4.69) is 21.3 Å². The molecular weight excluding hydrogens is 718 g/mol. The lowest BCUT2D eigenvalue weighted by molar-refractivity contribution is -0.158. The fourth-order valence-electron chi connectivity index (χ4n) is 8.23. The van der Waals surface area contributed by atoms with Crippen LogP contribution in [0.3, 0.4) is 0 Å². The molecule has 0 aliphatic carbocycles. The first-order valence-corrected chi connectivity index (χ1v) is 19.7. The number of fused-ring (bicyclic) bond motifs is 3. The van der Waals surface area contributed by atoms with Gasteiger partial charge in [0, 0.05) is 31.7 Å². The molecule has 0 aromatic heterocycles. The molecule has 7 atom stereocenters. The first kappa shape index (κ1) is 40.2. The van der Waals surface area contributed by atoms with Gasteiger partial charge in [0.05, 0.1) is 0 Å². The summed E-state index contributed by atoms with van der Waals surface area (Å²) in [5.74, 6) is -3.44. The molecule has 0 spiro atoms. The molecule has 4 saturated heterocycles. The maximum atomic E-state index is 14.5. The molecule has 0 unspecified atom stereocenters. The molecular formula is C41H53N7O8. The highest BCUT2D eigenvalue weighted by Gasteiger charge is 2.46. The van der Waals surface area contributed by atoms with Gasteiger partial charge in [-0.3, -0.25) is 24.0 Å². The van der Waals surface area contributed by atoms with E-state index in [0.29, 0.717) is 50.8 Å². The Bertz CT molecular complexity index is 1840. The summed E-state index contributed by atoms with van der Waals surface area (Å²) in [6.45, 7) is 7.52. The molecule has 0 bridgehead atoms. The van der Waals surface area contributed by atoms with E-state index >= 15 is 0 Å². The van der Waals surface area contributed by atoms with E-state index in [1.807, 2.05) is 57.2 Å². The number of aryl methyl sites for hydroxylation is 2. The third-order valence-electron chi connectivity index (χ3n) is 11.2. The number of carbonyl (C=O) groups excluding carboxylic acids is 7. The van der Waals surface area contributed by atoms with E-state index in [9.17, 15) is 33.6 Å². The summed E-state index contributed by atoms with van der Waals surface area (Å²) in [6, 6.07) is 7.73. The Hall–Kier alpha value is -5.47. The molecule has 2 aromatic carbocycles. The summed E-state index contributed by atoms with van der Waals surface area (Å²) < 4.78 is 5.76. The smallest absolute Gasteiger partial charge is 0.328 e. The number of cyclic esters (lactones) is 1. The van der Waals surface area contributed by atoms with Crippen LogP contribution in [0.15, 0.2) is 48.5 Å². The Balaban J connectivity index is 1.30. The molecule has 7 amide bonds. The zero-order valence-electron chi connectivity index (χ0n) is 32.5. The highest BCUT2D eigenvalue weighted by atomic mass is 16.5. The van der Waals surface area contributed by atoms with Crippen LogP contribution >= 0.6 is 0 Å². The summed E-state index contributed by atoms with van der Waals surface area (Å²) in [7, 11) is 0. The number of nitrogens with zero attached hydrogens (tertiary/aromatic N) is 3. The van der Waals surface area contributed by atoms with Crippen LogP contribution in [-0.2, 0) is 39.9 Å². The van der Waals surface area contributed by atoms with Crippen LogP contribution in [0.1, 0.15) is 69.1 Å². The summed E-state index contributed by atoms with van der Waals surface area (Å²) >= 11 is 0. The van der Waals surface area contributed by atoms with E-state index in [4.69, 9.17) is 4.74 Å². The third-order valence-corrected chi connectivity index (χ3v) is 11.2. The van der Waals surface area contributed by atoms with Gasteiger partial charge < -0.3 is 40.7 Å². The third kappa shape index (κ3) is 9.31. The molecule has 0 radical (unpaired) electrons. The molecule has 0 saturated carbocycles. The number of nitrogens with one attached hydrogen (secondary N) is 4. The van der Waals surface area contributed by atoms with E-state index < -0.39 is 78.5 Å². The topological polar surface area (TPSA) is 187 Å². The Kier molecular flexibility index (Phi) is 12.6. The fraction of sp³-hybridized carbons (Fsp3) is 0.537. The molecule has 2 aromatic rings. The minimum Gasteiger partial charge on any atom is -0.461 e. The quantitative estimate of drug-likeness (QED) is 0.322. The lowest BCUT2D eigenvalue weighted by Crippen LogP contribution is -2.62. The number of hydrogen-bond donors (Lipinski definition) is 4. The molecule has 15 nitrogen and oxygen atoms in total. The predicted molar refractivity (Wildman–Crippen MR) is 206 cm³/mol. The normalized spacial score (nSPS) is 26.7. The summed E-state index contributed by atoms with van der Waals surface area (Å²) in [5, 5.41) is 11.1. The molecule has 4 fully saturated rings. The summed E-state index contributed by atoms with van der Waals surface area (Å²) in [6.07, 6.45) is 3.03. The van der Waals surface area contributed by atoms with Gasteiger partial charge in [-0.25, -0.2) is 9.59 Å². The average molecular weight is 772 g/mol. The minimum absolute atomic E-state index is 0.0463. The number of anilines is 1. The maximum Gasteiger partial charge on any atom is 0.328 e. The molecule has 4 heterocycles. The van der Waals surface area contributed by atoms with Crippen molar-refractivity contribution < 1.29 is 38.3 Å². The molecule has 4 N–H and O–H groups in total. The van der Waals surface area contributed by atoms with Crippen molar-refractivity contribution in [1.29, 1.82) is 0 Å². The Morgan fingerprint density at radius 2 is 1.54 bits per heavy atom. The monoisotopic (exact) mass is 771 g/mol. The number of amides is 7. The molecule has 4 aliphatic heterocycles. The van der Waals surface area contributed by atoms with Gasteiger partial charge in [-0.1, -0.05) is 54.4 Å². The molecule has 6 rings (SSSR count). The maximum absolute atomic E-state index is 14.5. The van der Waals surface area contributed by atoms with Crippen LogP contribution < -0.4 is 21.3 Å². The van der Waals surface area contributed by atoms with Crippen molar-refractivity contribution >= 4 is 47.2 Å². The molecule has 56 heavy (non-hydrogen) atoms. The largest absolute Gasteiger partial charge is 0.461 e. The van der Waals surface area contributed by atoms with Gasteiger partial charge >= 0.3 is 12.0 Å². The number of benzene rings is 2. The van der Waals surface area contributed by atoms with Crippen molar-refractivity contribution in [1.82, 2.24) is 30.7 Å². The second-order valence-electron chi connectivity index (χ2n) is 15.7. The minimum atomic E-state index is -1.43. The molecule has 15 heteroatoms. The van der Waals surface area contributed by atoms with Gasteiger partial charge in [-0.15, -0.1) is 0 Å². The Labute approximate surface area is 327 Å². The van der Waals surface area contributed by atoms with Crippen LogP contribution in [0.2, 0.25) is 0 Å². The van der Waals surface area contributed by atoms with Crippen molar-refractivity contribution in [3.05, 3.63) is 65.2 Å². The van der Waals surface area contributed by atoms with Gasteiger partial charge in [0.1, 0.15) is 42.9 Å². The van der Waals surface area contributed by atoms with Gasteiger partial charge in [0.15, 0.2) is 0 Å².